The first kappa shape index (κ1) is 11.6. The molecule has 1 unspecified atom stereocenters. The second kappa shape index (κ2) is 4.57. The largest absolute Gasteiger partial charge is 0.355 e. The van der Waals surface area contributed by atoms with Gasteiger partial charge in [0, 0.05) is 30.8 Å². The van der Waals surface area contributed by atoms with Crippen LogP contribution in [0, 0.1) is 0 Å². The summed E-state index contributed by atoms with van der Waals surface area (Å²) in [5.41, 5.74) is 1.39. The summed E-state index contributed by atoms with van der Waals surface area (Å²) in [6.45, 7) is 2.03. The number of hydrogen-bond acceptors (Lipinski definition) is 2. The van der Waals surface area contributed by atoms with E-state index in [1.807, 2.05) is 13.0 Å². The maximum atomic E-state index is 11.8. The summed E-state index contributed by atoms with van der Waals surface area (Å²) >= 11 is 0. The van der Waals surface area contributed by atoms with E-state index in [0.717, 1.165) is 12.1 Å². The lowest BCUT2D eigenvalue weighted by molar-refractivity contribution is -0.117. The third-order valence-electron chi connectivity index (χ3n) is 3.10. The zero-order valence-corrected chi connectivity index (χ0v) is 10.1. The van der Waals surface area contributed by atoms with Gasteiger partial charge in [-0.15, -0.1) is 0 Å². The van der Waals surface area contributed by atoms with Gasteiger partial charge in [-0.2, -0.15) is 0 Å². The first-order valence-corrected chi connectivity index (χ1v) is 5.77. The van der Waals surface area contributed by atoms with E-state index in [-0.39, 0.29) is 17.9 Å². The standard InChI is InChI=1S/C13H16N2O2/c1-9-6-7-12(16)15(9)11-5-3-4-10(8-11)13(17)14-2/h3-5,8-9H,6-7H2,1-2H3,(H,14,17). The predicted octanol–water partition coefficient (Wildman–Crippen LogP) is 1.56. The summed E-state index contributed by atoms with van der Waals surface area (Å²) < 4.78 is 0. The highest BCUT2D eigenvalue weighted by Crippen LogP contribution is 2.26. The Morgan fingerprint density at radius 1 is 1.47 bits per heavy atom. The smallest absolute Gasteiger partial charge is 0.251 e. The Hall–Kier alpha value is -1.84. The van der Waals surface area contributed by atoms with Crippen molar-refractivity contribution in [3.05, 3.63) is 29.8 Å². The van der Waals surface area contributed by atoms with Gasteiger partial charge in [0.25, 0.3) is 5.91 Å². The van der Waals surface area contributed by atoms with Gasteiger partial charge in [-0.25, -0.2) is 0 Å². The van der Waals surface area contributed by atoms with Crippen LogP contribution >= 0.6 is 0 Å². The van der Waals surface area contributed by atoms with Crippen molar-refractivity contribution in [2.45, 2.75) is 25.8 Å². The van der Waals surface area contributed by atoms with Gasteiger partial charge in [-0.3, -0.25) is 9.59 Å². The number of carbonyl (C=O) groups is 2. The van der Waals surface area contributed by atoms with E-state index in [1.165, 1.54) is 0 Å². The third kappa shape index (κ3) is 2.16. The number of hydrogen-bond donors (Lipinski definition) is 1. The van der Waals surface area contributed by atoms with Crippen LogP contribution in [0.3, 0.4) is 0 Å². The summed E-state index contributed by atoms with van der Waals surface area (Å²) in [6.07, 6.45) is 1.47. The minimum absolute atomic E-state index is 0.131. The molecule has 4 nitrogen and oxygen atoms in total. The fourth-order valence-electron chi connectivity index (χ4n) is 2.17. The summed E-state index contributed by atoms with van der Waals surface area (Å²) in [5, 5.41) is 2.58. The molecule has 1 saturated heterocycles. The minimum Gasteiger partial charge on any atom is -0.355 e. The summed E-state index contributed by atoms with van der Waals surface area (Å²) in [7, 11) is 1.60. The van der Waals surface area contributed by atoms with Crippen molar-refractivity contribution < 1.29 is 9.59 Å². The normalized spacial score (nSPS) is 19.5. The fourth-order valence-corrected chi connectivity index (χ4v) is 2.17. The Balaban J connectivity index is 2.33. The molecular formula is C13H16N2O2. The Labute approximate surface area is 101 Å². The number of amides is 2. The molecule has 1 aliphatic heterocycles. The predicted molar refractivity (Wildman–Crippen MR) is 66.0 cm³/mol. The van der Waals surface area contributed by atoms with E-state index in [4.69, 9.17) is 0 Å². The third-order valence-corrected chi connectivity index (χ3v) is 3.10. The van der Waals surface area contributed by atoms with Crippen LogP contribution in [0.25, 0.3) is 0 Å². The molecule has 1 heterocycles. The van der Waals surface area contributed by atoms with E-state index in [2.05, 4.69) is 5.32 Å². The van der Waals surface area contributed by atoms with Gasteiger partial charge in [0.1, 0.15) is 0 Å². The molecule has 1 atom stereocenters. The molecule has 1 aliphatic rings. The molecule has 2 rings (SSSR count). The topological polar surface area (TPSA) is 49.4 Å². The van der Waals surface area contributed by atoms with Gasteiger partial charge in [0.15, 0.2) is 0 Å². The van der Waals surface area contributed by atoms with Crippen LogP contribution in [0.1, 0.15) is 30.1 Å². The molecule has 1 aromatic rings. The molecule has 1 N–H and O–H groups in total. The Kier molecular flexibility index (Phi) is 3.13. The number of rotatable bonds is 2. The van der Waals surface area contributed by atoms with Crippen LogP contribution in [0.4, 0.5) is 5.69 Å². The number of nitrogens with one attached hydrogen (secondary N) is 1. The average Bonchev–Trinajstić information content (AvgIpc) is 2.68. The highest BCUT2D eigenvalue weighted by molar-refractivity contribution is 5.99. The van der Waals surface area contributed by atoms with Crippen LogP contribution in [0.15, 0.2) is 24.3 Å². The first-order valence-electron chi connectivity index (χ1n) is 5.77. The lowest BCUT2D eigenvalue weighted by Gasteiger charge is -2.22. The van der Waals surface area contributed by atoms with Gasteiger partial charge >= 0.3 is 0 Å². The Morgan fingerprint density at radius 3 is 2.82 bits per heavy atom. The molecule has 0 bridgehead atoms. The fraction of sp³-hybridized carbons (Fsp3) is 0.385. The molecule has 2 amide bonds. The average molecular weight is 232 g/mol. The van der Waals surface area contributed by atoms with E-state index < -0.39 is 0 Å². The maximum Gasteiger partial charge on any atom is 0.251 e. The minimum atomic E-state index is -0.133. The summed E-state index contributed by atoms with van der Waals surface area (Å²) in [6, 6.07) is 7.39. The first-order chi connectivity index (χ1) is 8.13. The van der Waals surface area contributed by atoms with Gasteiger partial charge in [0.2, 0.25) is 5.91 Å². The Bertz CT molecular complexity index is 456. The van der Waals surface area contributed by atoms with Gasteiger partial charge in [-0.1, -0.05) is 6.07 Å². The van der Waals surface area contributed by atoms with Gasteiger partial charge in [-0.05, 0) is 31.5 Å². The molecule has 0 aromatic heterocycles. The Morgan fingerprint density at radius 2 is 2.24 bits per heavy atom. The van der Waals surface area contributed by atoms with Crippen molar-refractivity contribution in [3.63, 3.8) is 0 Å². The molecular weight excluding hydrogens is 216 g/mol. The second-order valence-corrected chi connectivity index (χ2v) is 4.28. The maximum absolute atomic E-state index is 11.8. The molecule has 17 heavy (non-hydrogen) atoms. The SMILES string of the molecule is CNC(=O)c1cccc(N2C(=O)CCC2C)c1. The quantitative estimate of drug-likeness (QED) is 0.841. The van der Waals surface area contributed by atoms with Crippen LogP contribution in [-0.4, -0.2) is 24.9 Å². The van der Waals surface area contributed by atoms with Crippen molar-refractivity contribution in [2.75, 3.05) is 11.9 Å². The lowest BCUT2D eigenvalue weighted by Crippen LogP contribution is -2.31. The number of carbonyl (C=O) groups excluding carboxylic acids is 2. The molecule has 4 heteroatoms. The lowest BCUT2D eigenvalue weighted by atomic mass is 10.1. The van der Waals surface area contributed by atoms with E-state index >= 15 is 0 Å². The second-order valence-electron chi connectivity index (χ2n) is 4.28. The van der Waals surface area contributed by atoms with Gasteiger partial charge in [0.05, 0.1) is 0 Å². The number of benzene rings is 1. The van der Waals surface area contributed by atoms with Crippen LogP contribution in [-0.2, 0) is 4.79 Å². The summed E-state index contributed by atoms with van der Waals surface area (Å²) in [4.78, 5) is 25.1. The molecule has 0 spiro atoms. The molecule has 90 valence electrons. The highest BCUT2D eigenvalue weighted by atomic mass is 16.2. The molecule has 0 radical (unpaired) electrons. The van der Waals surface area contributed by atoms with Crippen LogP contribution < -0.4 is 10.2 Å². The van der Waals surface area contributed by atoms with Crippen molar-refractivity contribution in [2.24, 2.45) is 0 Å². The molecule has 1 fully saturated rings. The monoisotopic (exact) mass is 232 g/mol. The number of anilines is 1. The molecule has 1 aromatic carbocycles. The van der Waals surface area contributed by atoms with Crippen molar-refractivity contribution >= 4 is 17.5 Å². The summed E-state index contributed by atoms with van der Waals surface area (Å²) in [5.74, 6) is -0.00212. The van der Waals surface area contributed by atoms with E-state index in [9.17, 15) is 9.59 Å². The number of nitrogens with zero attached hydrogens (tertiary/aromatic N) is 1. The molecule has 0 saturated carbocycles. The van der Waals surface area contributed by atoms with E-state index in [0.29, 0.717) is 12.0 Å². The van der Waals surface area contributed by atoms with Crippen LogP contribution in [0.5, 0.6) is 0 Å². The molecule has 0 aliphatic carbocycles. The zero-order chi connectivity index (χ0) is 12.4. The van der Waals surface area contributed by atoms with Gasteiger partial charge < -0.3 is 10.2 Å². The zero-order valence-electron chi connectivity index (χ0n) is 10.1. The van der Waals surface area contributed by atoms with Crippen LogP contribution in [0.2, 0.25) is 0 Å². The van der Waals surface area contributed by atoms with E-state index in [1.54, 1.807) is 30.1 Å². The van der Waals surface area contributed by atoms with Crippen molar-refractivity contribution in [3.8, 4) is 0 Å². The van der Waals surface area contributed by atoms with Crippen molar-refractivity contribution in [1.29, 1.82) is 0 Å². The van der Waals surface area contributed by atoms with Crippen molar-refractivity contribution in [1.82, 2.24) is 5.32 Å². The highest BCUT2D eigenvalue weighted by Gasteiger charge is 2.28.